The van der Waals surface area contributed by atoms with Gasteiger partial charge in [-0.3, -0.25) is 4.79 Å². The second-order valence-corrected chi connectivity index (χ2v) is 5.51. The third-order valence-corrected chi connectivity index (χ3v) is 3.59. The summed E-state index contributed by atoms with van der Waals surface area (Å²) in [5.41, 5.74) is 1.34. The average Bonchev–Trinajstić information content (AvgIpc) is 2.99. The Morgan fingerprint density at radius 1 is 1.45 bits per heavy atom. The first-order valence-corrected chi connectivity index (χ1v) is 7.87. The van der Waals surface area contributed by atoms with Crippen molar-refractivity contribution in [2.75, 3.05) is 12.0 Å². The molecule has 0 bridgehead atoms. The van der Waals surface area contributed by atoms with E-state index in [4.69, 9.17) is 0 Å². The Kier molecular flexibility index (Phi) is 5.17. The van der Waals surface area contributed by atoms with Gasteiger partial charge >= 0.3 is 0 Å². The molecule has 2 aromatic rings. The van der Waals surface area contributed by atoms with Gasteiger partial charge in [0, 0.05) is 6.04 Å². The molecule has 0 aliphatic heterocycles. The molecule has 0 radical (unpaired) electrons. The molecule has 1 aromatic heterocycles. The molecule has 1 unspecified atom stereocenters. The third-order valence-electron chi connectivity index (χ3n) is 2.95. The number of amides is 1. The molecular weight excluding hydrogens is 272 g/mol. The Hall–Kier alpha value is -1.82. The van der Waals surface area contributed by atoms with Gasteiger partial charge in [0.25, 0.3) is 5.91 Å². The average molecular weight is 290 g/mol. The summed E-state index contributed by atoms with van der Waals surface area (Å²) < 4.78 is 1.60. The quantitative estimate of drug-likeness (QED) is 0.885. The molecule has 0 spiro atoms. The Morgan fingerprint density at radius 2 is 2.25 bits per heavy atom. The lowest BCUT2D eigenvalue weighted by Gasteiger charge is -2.15. The predicted octanol–water partition coefficient (Wildman–Crippen LogP) is 2.14. The van der Waals surface area contributed by atoms with Crippen LogP contribution in [0.1, 0.15) is 23.7 Å². The fraction of sp³-hybridized carbons (Fsp3) is 0.357. The van der Waals surface area contributed by atoms with Crippen molar-refractivity contribution in [3.8, 4) is 5.69 Å². The van der Waals surface area contributed by atoms with E-state index in [1.54, 1.807) is 34.9 Å². The van der Waals surface area contributed by atoms with Crippen LogP contribution >= 0.6 is 11.8 Å². The van der Waals surface area contributed by atoms with Gasteiger partial charge in [0.15, 0.2) is 0 Å². The number of hydrogen-bond acceptors (Lipinski definition) is 4. The zero-order valence-corrected chi connectivity index (χ0v) is 12.4. The summed E-state index contributed by atoms with van der Waals surface area (Å²) in [6.45, 7) is 2.02. The highest BCUT2D eigenvalue weighted by atomic mass is 32.2. The fourth-order valence-electron chi connectivity index (χ4n) is 1.87. The molecule has 1 amide bonds. The van der Waals surface area contributed by atoms with Gasteiger partial charge in [-0.1, -0.05) is 17.3 Å². The van der Waals surface area contributed by atoms with E-state index < -0.39 is 0 Å². The molecule has 0 aliphatic rings. The van der Waals surface area contributed by atoms with Gasteiger partial charge in [-0.25, -0.2) is 4.68 Å². The maximum absolute atomic E-state index is 12.4. The molecule has 1 atom stereocenters. The number of rotatable bonds is 6. The molecule has 0 saturated carbocycles. The minimum atomic E-state index is -0.0790. The minimum absolute atomic E-state index is 0.0790. The van der Waals surface area contributed by atoms with Crippen LogP contribution in [0.15, 0.2) is 36.7 Å². The molecule has 0 fully saturated rings. The lowest BCUT2D eigenvalue weighted by molar-refractivity contribution is 0.0939. The zero-order chi connectivity index (χ0) is 14.4. The van der Waals surface area contributed by atoms with Crippen LogP contribution < -0.4 is 5.32 Å². The topological polar surface area (TPSA) is 59.8 Å². The number of hydrogen-bond donors (Lipinski definition) is 1. The molecule has 106 valence electrons. The molecule has 0 aliphatic carbocycles. The van der Waals surface area contributed by atoms with Crippen LogP contribution in [0, 0.1) is 0 Å². The van der Waals surface area contributed by atoms with E-state index in [-0.39, 0.29) is 11.9 Å². The van der Waals surface area contributed by atoms with Crippen molar-refractivity contribution in [1.82, 2.24) is 20.3 Å². The fourth-order valence-corrected chi connectivity index (χ4v) is 2.46. The van der Waals surface area contributed by atoms with Gasteiger partial charge in [-0.15, -0.1) is 5.10 Å². The van der Waals surface area contributed by atoms with E-state index in [2.05, 4.69) is 21.9 Å². The summed E-state index contributed by atoms with van der Waals surface area (Å²) in [6, 6.07) is 7.54. The highest BCUT2D eigenvalue weighted by molar-refractivity contribution is 7.98. The highest BCUT2D eigenvalue weighted by Gasteiger charge is 2.14. The number of benzene rings is 1. The highest BCUT2D eigenvalue weighted by Crippen LogP contribution is 2.13. The lowest BCUT2D eigenvalue weighted by atomic mass is 10.1. The van der Waals surface area contributed by atoms with Gasteiger partial charge in [-0.05, 0) is 37.5 Å². The Morgan fingerprint density at radius 3 is 2.95 bits per heavy atom. The number of nitrogens with zero attached hydrogens (tertiary/aromatic N) is 3. The van der Waals surface area contributed by atoms with Crippen LogP contribution in [0.3, 0.4) is 0 Å². The summed E-state index contributed by atoms with van der Waals surface area (Å²) >= 11 is 1.78. The van der Waals surface area contributed by atoms with Crippen LogP contribution in [-0.2, 0) is 0 Å². The molecular formula is C14H18N4OS. The van der Waals surface area contributed by atoms with Gasteiger partial charge in [-0.2, -0.15) is 11.8 Å². The first-order chi connectivity index (χ1) is 9.72. The zero-order valence-electron chi connectivity index (χ0n) is 11.6. The standard InChI is InChI=1S/C14H18N4OS/c1-11(7-10-20-2)16-14(19)12-5-3-4-6-13(12)18-9-8-15-17-18/h3-6,8-9,11H,7,10H2,1-2H3,(H,16,19). The van der Waals surface area contributed by atoms with Crippen LogP contribution in [-0.4, -0.2) is 39.0 Å². The van der Waals surface area contributed by atoms with Crippen LogP contribution in [0.4, 0.5) is 0 Å². The number of carbonyl (C=O) groups excluding carboxylic acids is 1. The van der Waals surface area contributed by atoms with Crippen molar-refractivity contribution in [3.63, 3.8) is 0 Å². The van der Waals surface area contributed by atoms with Crippen molar-refractivity contribution in [2.24, 2.45) is 0 Å². The molecule has 1 aromatic carbocycles. The van der Waals surface area contributed by atoms with E-state index in [1.807, 2.05) is 25.1 Å². The number of thioether (sulfide) groups is 1. The van der Waals surface area contributed by atoms with Gasteiger partial charge in [0.2, 0.25) is 0 Å². The lowest BCUT2D eigenvalue weighted by Crippen LogP contribution is -2.33. The Labute approximate surface area is 122 Å². The van der Waals surface area contributed by atoms with E-state index >= 15 is 0 Å². The molecule has 0 saturated heterocycles. The number of carbonyl (C=O) groups is 1. The van der Waals surface area contributed by atoms with E-state index in [0.717, 1.165) is 17.9 Å². The molecule has 1 heterocycles. The summed E-state index contributed by atoms with van der Waals surface area (Å²) in [4.78, 5) is 12.4. The molecule has 2 rings (SSSR count). The van der Waals surface area contributed by atoms with Gasteiger partial charge < -0.3 is 5.32 Å². The summed E-state index contributed by atoms with van der Waals surface area (Å²) in [5.74, 6) is 0.955. The first-order valence-electron chi connectivity index (χ1n) is 6.48. The van der Waals surface area contributed by atoms with Gasteiger partial charge in [0.05, 0.1) is 23.6 Å². The third kappa shape index (κ3) is 3.60. The molecule has 1 N–H and O–H groups in total. The van der Waals surface area contributed by atoms with E-state index in [1.165, 1.54) is 0 Å². The second kappa shape index (κ2) is 7.09. The van der Waals surface area contributed by atoms with Gasteiger partial charge in [0.1, 0.15) is 0 Å². The number of aromatic nitrogens is 3. The number of nitrogens with one attached hydrogen (secondary N) is 1. The van der Waals surface area contributed by atoms with Crippen LogP contribution in [0.2, 0.25) is 0 Å². The SMILES string of the molecule is CSCCC(C)NC(=O)c1ccccc1-n1ccnn1. The number of para-hydroxylation sites is 1. The normalized spacial score (nSPS) is 12.1. The van der Waals surface area contributed by atoms with Crippen molar-refractivity contribution in [2.45, 2.75) is 19.4 Å². The Bertz CT molecular complexity index is 556. The van der Waals surface area contributed by atoms with Crippen LogP contribution in [0.25, 0.3) is 5.69 Å². The second-order valence-electron chi connectivity index (χ2n) is 4.52. The predicted molar refractivity (Wildman–Crippen MR) is 81.3 cm³/mol. The summed E-state index contributed by atoms with van der Waals surface area (Å²) in [5, 5.41) is 10.7. The van der Waals surface area contributed by atoms with Crippen molar-refractivity contribution in [1.29, 1.82) is 0 Å². The van der Waals surface area contributed by atoms with Crippen molar-refractivity contribution >= 4 is 17.7 Å². The smallest absolute Gasteiger partial charge is 0.253 e. The maximum atomic E-state index is 12.4. The van der Waals surface area contributed by atoms with Crippen molar-refractivity contribution in [3.05, 3.63) is 42.2 Å². The molecule has 5 nitrogen and oxygen atoms in total. The summed E-state index contributed by atoms with van der Waals surface area (Å²) in [7, 11) is 0. The molecule has 6 heteroatoms. The minimum Gasteiger partial charge on any atom is -0.349 e. The van der Waals surface area contributed by atoms with Crippen LogP contribution in [0.5, 0.6) is 0 Å². The van der Waals surface area contributed by atoms with E-state index in [0.29, 0.717) is 5.56 Å². The Balaban J connectivity index is 2.14. The monoisotopic (exact) mass is 290 g/mol. The largest absolute Gasteiger partial charge is 0.349 e. The summed E-state index contributed by atoms with van der Waals surface area (Å²) in [6.07, 6.45) is 6.34. The molecule has 20 heavy (non-hydrogen) atoms. The van der Waals surface area contributed by atoms with E-state index in [9.17, 15) is 4.79 Å². The van der Waals surface area contributed by atoms with Crippen molar-refractivity contribution < 1.29 is 4.79 Å². The first kappa shape index (κ1) is 14.6. The maximum Gasteiger partial charge on any atom is 0.253 e.